The summed E-state index contributed by atoms with van der Waals surface area (Å²) in [6.07, 6.45) is 7.11. The zero-order valence-electron chi connectivity index (χ0n) is 20.4. The molecular formula is C26H36N4O2S2. The van der Waals surface area contributed by atoms with Gasteiger partial charge in [0.15, 0.2) is 0 Å². The number of hydrogen-bond acceptors (Lipinski definition) is 8. The van der Waals surface area contributed by atoms with E-state index in [2.05, 4.69) is 46.0 Å². The van der Waals surface area contributed by atoms with E-state index < -0.39 is 0 Å². The van der Waals surface area contributed by atoms with Crippen LogP contribution in [-0.4, -0.2) is 78.1 Å². The number of thiazole rings is 1. The van der Waals surface area contributed by atoms with Gasteiger partial charge in [-0.25, -0.2) is 4.98 Å². The molecule has 184 valence electrons. The Morgan fingerprint density at radius 1 is 1.24 bits per heavy atom. The fourth-order valence-corrected chi connectivity index (χ4v) is 6.83. The third-order valence-electron chi connectivity index (χ3n) is 7.03. The first-order valence-electron chi connectivity index (χ1n) is 12.0. The third kappa shape index (κ3) is 6.29. The molecule has 0 amide bonds. The van der Waals surface area contributed by atoms with E-state index in [9.17, 15) is 5.11 Å². The molecule has 3 heterocycles. The van der Waals surface area contributed by atoms with Crippen molar-refractivity contribution in [3.8, 4) is 5.75 Å². The lowest BCUT2D eigenvalue weighted by Crippen LogP contribution is -2.43. The van der Waals surface area contributed by atoms with Gasteiger partial charge in [-0.05, 0) is 81.6 Å². The van der Waals surface area contributed by atoms with Crippen LogP contribution >= 0.6 is 23.1 Å². The summed E-state index contributed by atoms with van der Waals surface area (Å²) >= 11 is 3.54. The Morgan fingerprint density at radius 3 is 2.85 bits per heavy atom. The molecule has 6 nitrogen and oxygen atoms in total. The number of ether oxygens (including phenoxy) is 1. The highest BCUT2D eigenvalue weighted by molar-refractivity contribution is 8.01. The smallest absolute Gasteiger partial charge is 0.149 e. The number of thioether (sulfide) groups is 1. The predicted molar refractivity (Wildman–Crippen MR) is 142 cm³/mol. The topological polar surface area (TPSA) is 61.7 Å². The Labute approximate surface area is 211 Å². The van der Waals surface area contributed by atoms with Crippen LogP contribution in [0.25, 0.3) is 10.9 Å². The van der Waals surface area contributed by atoms with Gasteiger partial charge < -0.3 is 19.6 Å². The second-order valence-electron chi connectivity index (χ2n) is 9.28. The van der Waals surface area contributed by atoms with Crippen molar-refractivity contribution >= 4 is 34.0 Å². The van der Waals surface area contributed by atoms with Crippen LogP contribution < -0.4 is 4.74 Å². The van der Waals surface area contributed by atoms with Crippen LogP contribution in [0.4, 0.5) is 0 Å². The van der Waals surface area contributed by atoms with Crippen LogP contribution in [0.1, 0.15) is 30.9 Å². The van der Waals surface area contributed by atoms with Crippen molar-refractivity contribution in [1.82, 2.24) is 19.8 Å². The lowest BCUT2D eigenvalue weighted by atomic mass is 9.81. The second kappa shape index (κ2) is 12.3. The summed E-state index contributed by atoms with van der Waals surface area (Å²) in [5.74, 6) is 2.81. The monoisotopic (exact) mass is 500 g/mol. The van der Waals surface area contributed by atoms with Crippen LogP contribution in [0.3, 0.4) is 0 Å². The summed E-state index contributed by atoms with van der Waals surface area (Å²) in [6.45, 7) is 3.42. The van der Waals surface area contributed by atoms with Crippen LogP contribution in [0, 0.1) is 11.8 Å². The molecular weight excluding hydrogens is 464 g/mol. The van der Waals surface area contributed by atoms with Crippen molar-refractivity contribution in [3.05, 3.63) is 47.6 Å². The number of methoxy groups -OCH3 is 1. The zero-order valence-corrected chi connectivity index (χ0v) is 22.0. The summed E-state index contributed by atoms with van der Waals surface area (Å²) in [4.78, 5) is 13.8. The molecule has 1 aliphatic rings. The van der Waals surface area contributed by atoms with Crippen molar-refractivity contribution in [2.45, 2.75) is 29.6 Å². The predicted octanol–water partition coefficient (Wildman–Crippen LogP) is 4.81. The van der Waals surface area contributed by atoms with Crippen molar-refractivity contribution in [3.63, 3.8) is 0 Å². The number of benzene rings is 1. The molecule has 1 saturated heterocycles. The maximum absolute atomic E-state index is 10.2. The molecule has 34 heavy (non-hydrogen) atoms. The second-order valence-corrected chi connectivity index (χ2v) is 11.5. The fraction of sp³-hybridized carbons (Fsp3) is 0.538. The number of piperidine rings is 1. The van der Waals surface area contributed by atoms with Crippen LogP contribution in [-0.2, 0) is 0 Å². The fourth-order valence-electron chi connectivity index (χ4n) is 5.12. The molecule has 2 aromatic heterocycles. The Kier molecular flexibility index (Phi) is 9.19. The van der Waals surface area contributed by atoms with Crippen molar-refractivity contribution in [2.75, 3.05) is 53.2 Å². The number of rotatable bonds is 11. The minimum Gasteiger partial charge on any atom is -0.497 e. The molecule has 0 saturated carbocycles. The van der Waals surface area contributed by atoms with Crippen LogP contribution in [0.2, 0.25) is 0 Å². The molecule has 1 N–H and O–H groups in total. The average molecular weight is 501 g/mol. The van der Waals surface area contributed by atoms with Gasteiger partial charge in [0.1, 0.15) is 10.1 Å². The number of likely N-dealkylation sites (tertiary alicyclic amines) is 1. The molecule has 0 radical (unpaired) electrons. The molecule has 0 aliphatic carbocycles. The number of pyridine rings is 1. The van der Waals surface area contributed by atoms with E-state index in [1.54, 1.807) is 18.4 Å². The number of nitrogens with zero attached hydrogens (tertiary/aromatic N) is 4. The molecule has 1 aromatic carbocycles. The minimum atomic E-state index is 0.267. The third-order valence-corrected chi connectivity index (χ3v) is 8.97. The largest absolute Gasteiger partial charge is 0.497 e. The molecule has 3 aromatic rings. The summed E-state index contributed by atoms with van der Waals surface area (Å²) in [5, 5.41) is 13.4. The summed E-state index contributed by atoms with van der Waals surface area (Å²) in [5.41, 5.74) is 2.30. The van der Waals surface area contributed by atoms with Gasteiger partial charge in [-0.1, -0.05) is 11.8 Å². The normalized spacial score (nSPS) is 20.1. The highest BCUT2D eigenvalue weighted by Crippen LogP contribution is 2.35. The van der Waals surface area contributed by atoms with Crippen LogP contribution in [0.15, 0.2) is 46.4 Å². The molecule has 8 heteroatoms. The van der Waals surface area contributed by atoms with Gasteiger partial charge in [0.05, 0.1) is 12.6 Å². The maximum Gasteiger partial charge on any atom is 0.149 e. The first-order chi connectivity index (χ1) is 16.6. The molecule has 0 bridgehead atoms. The first kappa shape index (κ1) is 25.4. The Bertz CT molecular complexity index is 1030. The lowest BCUT2D eigenvalue weighted by Gasteiger charge is -2.39. The number of fused-ring (bicyclic) bond motifs is 1. The molecule has 3 atom stereocenters. The Hall–Kier alpha value is -1.71. The molecule has 4 rings (SSSR count). The SMILES string of the molecule is COc1ccc2nccc([C@H](CC[C@@H]3CCN(CCSc4nccs4)C[C@@H]3CO)N(C)C)c2c1. The zero-order chi connectivity index (χ0) is 23.9. The Morgan fingerprint density at radius 2 is 2.12 bits per heavy atom. The van der Waals surface area contributed by atoms with Crippen molar-refractivity contribution in [1.29, 1.82) is 0 Å². The molecule has 1 fully saturated rings. The van der Waals surface area contributed by atoms with E-state index in [1.807, 2.05) is 41.7 Å². The number of aliphatic hydroxyl groups is 1. The lowest BCUT2D eigenvalue weighted by molar-refractivity contribution is 0.0671. The highest BCUT2D eigenvalue weighted by atomic mass is 32.2. The van der Waals surface area contributed by atoms with Gasteiger partial charge >= 0.3 is 0 Å². The van der Waals surface area contributed by atoms with E-state index in [0.29, 0.717) is 17.9 Å². The highest BCUT2D eigenvalue weighted by Gasteiger charge is 2.30. The van der Waals surface area contributed by atoms with Crippen molar-refractivity contribution < 1.29 is 9.84 Å². The standard InChI is InChI=1S/C26H36N4O2S2/c1-29(2)25(22-8-10-27-24-6-5-21(32-3)16-23(22)24)7-4-19-9-12-30(17-20(19)18-31)13-15-34-26-28-11-14-33-26/h5-6,8,10-11,14,16,19-20,25,31H,4,7,9,12-13,15,17-18H2,1-3H3/t19-,20-,25+/m1/s1. The number of aliphatic hydroxyl groups excluding tert-OH is 1. The Balaban J connectivity index is 1.37. The number of hydrogen-bond donors (Lipinski definition) is 1. The minimum absolute atomic E-state index is 0.267. The summed E-state index contributed by atoms with van der Waals surface area (Å²) < 4.78 is 6.63. The average Bonchev–Trinajstić information content (AvgIpc) is 3.38. The molecule has 1 aliphatic heterocycles. The van der Waals surface area contributed by atoms with Gasteiger partial charge in [0, 0.05) is 54.7 Å². The van der Waals surface area contributed by atoms with Gasteiger partial charge in [0.2, 0.25) is 0 Å². The van der Waals surface area contributed by atoms with E-state index in [0.717, 1.165) is 65.6 Å². The van der Waals surface area contributed by atoms with Crippen molar-refractivity contribution in [2.24, 2.45) is 11.8 Å². The van der Waals surface area contributed by atoms with Gasteiger partial charge in [-0.15, -0.1) is 11.3 Å². The van der Waals surface area contributed by atoms with E-state index in [-0.39, 0.29) is 6.61 Å². The maximum atomic E-state index is 10.2. The molecule has 0 spiro atoms. The van der Waals surface area contributed by atoms with Gasteiger partial charge in [0.25, 0.3) is 0 Å². The first-order valence-corrected chi connectivity index (χ1v) is 13.9. The number of aromatic nitrogens is 2. The summed E-state index contributed by atoms with van der Waals surface area (Å²) in [7, 11) is 6.02. The van der Waals surface area contributed by atoms with Crippen LogP contribution in [0.5, 0.6) is 5.75 Å². The van der Waals surface area contributed by atoms with E-state index >= 15 is 0 Å². The van der Waals surface area contributed by atoms with Gasteiger partial charge in [-0.3, -0.25) is 4.98 Å². The van der Waals surface area contributed by atoms with E-state index in [4.69, 9.17) is 4.74 Å². The summed E-state index contributed by atoms with van der Waals surface area (Å²) in [6, 6.07) is 8.56. The van der Waals surface area contributed by atoms with E-state index in [1.165, 1.54) is 5.56 Å². The molecule has 0 unspecified atom stereocenters. The van der Waals surface area contributed by atoms with Gasteiger partial charge in [-0.2, -0.15) is 0 Å². The quantitative estimate of drug-likeness (QED) is 0.379.